The number of rotatable bonds is 2. The Morgan fingerprint density at radius 1 is 1.16 bits per heavy atom. The van der Waals surface area contributed by atoms with Crippen molar-refractivity contribution >= 4 is 16.9 Å². The fraction of sp³-hybridized carbons (Fsp3) is 0.0714. The summed E-state index contributed by atoms with van der Waals surface area (Å²) < 4.78 is 1.72. The van der Waals surface area contributed by atoms with Crippen LogP contribution in [0.5, 0.6) is 0 Å². The van der Waals surface area contributed by atoms with E-state index in [0.29, 0.717) is 11.1 Å². The zero-order valence-corrected chi connectivity index (χ0v) is 10.4. The fourth-order valence-electron chi connectivity index (χ4n) is 2.12. The molecule has 1 heterocycles. The van der Waals surface area contributed by atoms with Gasteiger partial charge in [-0.15, -0.1) is 5.10 Å². The predicted octanol–water partition coefficient (Wildman–Crippen LogP) is 1.83. The number of nitrogens with zero attached hydrogens (tertiary/aromatic N) is 3. The van der Waals surface area contributed by atoms with Gasteiger partial charge in [0, 0.05) is 0 Å². The van der Waals surface area contributed by atoms with Gasteiger partial charge in [-0.1, -0.05) is 29.5 Å². The Labute approximate surface area is 109 Å². The number of hydrogen-bond donors (Lipinski definition) is 1. The van der Waals surface area contributed by atoms with Crippen molar-refractivity contribution in [2.75, 3.05) is 0 Å². The first-order valence-corrected chi connectivity index (χ1v) is 5.88. The molecular formula is C14H12N4O. The number of para-hydroxylation sites is 1. The monoisotopic (exact) mass is 252 g/mol. The van der Waals surface area contributed by atoms with Crippen LogP contribution in [0.25, 0.3) is 16.7 Å². The molecule has 0 unspecified atom stereocenters. The van der Waals surface area contributed by atoms with E-state index >= 15 is 0 Å². The Balaban J connectivity index is 2.31. The molecule has 3 rings (SSSR count). The first-order valence-electron chi connectivity index (χ1n) is 5.88. The summed E-state index contributed by atoms with van der Waals surface area (Å²) in [5, 5.41) is 8.20. The number of amides is 1. The number of aryl methyl sites for hydroxylation is 1. The minimum Gasteiger partial charge on any atom is -0.366 e. The van der Waals surface area contributed by atoms with E-state index in [4.69, 9.17) is 5.73 Å². The topological polar surface area (TPSA) is 73.8 Å². The first-order chi connectivity index (χ1) is 9.18. The summed E-state index contributed by atoms with van der Waals surface area (Å²) in [7, 11) is 0. The van der Waals surface area contributed by atoms with Crippen LogP contribution in [0.15, 0.2) is 42.5 Å². The van der Waals surface area contributed by atoms with E-state index in [9.17, 15) is 4.79 Å². The first kappa shape index (κ1) is 11.4. The lowest BCUT2D eigenvalue weighted by atomic mass is 10.1. The second kappa shape index (κ2) is 4.20. The molecule has 0 radical (unpaired) electrons. The largest absolute Gasteiger partial charge is 0.366 e. The van der Waals surface area contributed by atoms with Gasteiger partial charge in [-0.25, -0.2) is 4.68 Å². The standard InChI is InChI=1S/C14H12N4O/c1-9-5-2-3-7-11(9)18-12-8-4-6-10(14(15)19)13(12)16-17-18/h2-8H,1H3,(H2,15,19). The molecule has 5 heteroatoms. The highest BCUT2D eigenvalue weighted by atomic mass is 16.1. The van der Waals surface area contributed by atoms with Gasteiger partial charge in [-0.2, -0.15) is 0 Å². The molecule has 0 fully saturated rings. The molecule has 19 heavy (non-hydrogen) atoms. The third-order valence-corrected chi connectivity index (χ3v) is 3.09. The number of primary amides is 1. The Hall–Kier alpha value is -2.69. The molecule has 1 amide bonds. The summed E-state index contributed by atoms with van der Waals surface area (Å²) in [5.41, 5.74) is 9.04. The smallest absolute Gasteiger partial charge is 0.251 e. The van der Waals surface area contributed by atoms with Crippen LogP contribution in [0.2, 0.25) is 0 Å². The van der Waals surface area contributed by atoms with Crippen LogP contribution in [0.1, 0.15) is 15.9 Å². The van der Waals surface area contributed by atoms with Crippen molar-refractivity contribution in [2.45, 2.75) is 6.92 Å². The van der Waals surface area contributed by atoms with Gasteiger partial charge >= 0.3 is 0 Å². The van der Waals surface area contributed by atoms with Crippen molar-refractivity contribution in [2.24, 2.45) is 5.73 Å². The van der Waals surface area contributed by atoms with Crippen LogP contribution in [-0.4, -0.2) is 20.9 Å². The third kappa shape index (κ3) is 1.76. The molecule has 2 aromatic carbocycles. The van der Waals surface area contributed by atoms with Crippen LogP contribution in [0, 0.1) is 6.92 Å². The molecule has 0 bridgehead atoms. The van der Waals surface area contributed by atoms with Crippen molar-refractivity contribution < 1.29 is 4.79 Å². The highest BCUT2D eigenvalue weighted by Crippen LogP contribution is 2.21. The normalized spacial score (nSPS) is 10.8. The molecule has 0 saturated heterocycles. The second-order valence-electron chi connectivity index (χ2n) is 4.33. The molecule has 5 nitrogen and oxygen atoms in total. The summed E-state index contributed by atoms with van der Waals surface area (Å²) in [6.07, 6.45) is 0. The predicted molar refractivity (Wildman–Crippen MR) is 72.1 cm³/mol. The van der Waals surface area contributed by atoms with E-state index in [1.165, 1.54) is 0 Å². The van der Waals surface area contributed by atoms with Crippen molar-refractivity contribution in [1.29, 1.82) is 0 Å². The lowest BCUT2D eigenvalue weighted by molar-refractivity contribution is 0.100. The number of aromatic nitrogens is 3. The van der Waals surface area contributed by atoms with Crippen molar-refractivity contribution in [3.8, 4) is 5.69 Å². The second-order valence-corrected chi connectivity index (χ2v) is 4.33. The van der Waals surface area contributed by atoms with Gasteiger partial charge in [0.2, 0.25) is 0 Å². The number of carbonyl (C=O) groups is 1. The molecule has 0 aliphatic heterocycles. The molecule has 0 saturated carbocycles. The van der Waals surface area contributed by atoms with Crippen molar-refractivity contribution in [3.05, 3.63) is 53.6 Å². The van der Waals surface area contributed by atoms with E-state index in [-0.39, 0.29) is 0 Å². The molecule has 0 aliphatic rings. The molecular weight excluding hydrogens is 240 g/mol. The lowest BCUT2D eigenvalue weighted by Gasteiger charge is -2.05. The van der Waals surface area contributed by atoms with E-state index in [0.717, 1.165) is 16.8 Å². The average Bonchev–Trinajstić information content (AvgIpc) is 2.82. The van der Waals surface area contributed by atoms with E-state index < -0.39 is 5.91 Å². The van der Waals surface area contributed by atoms with Gasteiger partial charge in [0.15, 0.2) is 0 Å². The van der Waals surface area contributed by atoms with Crippen molar-refractivity contribution in [1.82, 2.24) is 15.0 Å². The van der Waals surface area contributed by atoms with E-state index in [1.54, 1.807) is 16.8 Å². The molecule has 3 aromatic rings. The third-order valence-electron chi connectivity index (χ3n) is 3.09. The number of carbonyl (C=O) groups excluding carboxylic acids is 1. The number of benzene rings is 2. The minimum absolute atomic E-state index is 0.386. The van der Waals surface area contributed by atoms with Crippen LogP contribution in [-0.2, 0) is 0 Å². The highest BCUT2D eigenvalue weighted by molar-refractivity contribution is 6.04. The maximum Gasteiger partial charge on any atom is 0.251 e. The summed E-state index contributed by atoms with van der Waals surface area (Å²) >= 11 is 0. The van der Waals surface area contributed by atoms with Gasteiger partial charge in [0.25, 0.3) is 5.91 Å². The van der Waals surface area contributed by atoms with Crippen LogP contribution in [0.3, 0.4) is 0 Å². The maximum absolute atomic E-state index is 11.4. The Bertz CT molecular complexity index is 776. The summed E-state index contributed by atoms with van der Waals surface area (Å²) in [5.74, 6) is -0.498. The lowest BCUT2D eigenvalue weighted by Crippen LogP contribution is -2.11. The summed E-state index contributed by atoms with van der Waals surface area (Å²) in [4.78, 5) is 11.4. The van der Waals surface area contributed by atoms with E-state index in [1.807, 2.05) is 37.3 Å². The molecule has 94 valence electrons. The van der Waals surface area contributed by atoms with Crippen LogP contribution < -0.4 is 5.73 Å². The number of hydrogen-bond acceptors (Lipinski definition) is 3. The molecule has 2 N–H and O–H groups in total. The van der Waals surface area contributed by atoms with Gasteiger partial charge in [-0.05, 0) is 30.7 Å². The molecule has 0 aliphatic carbocycles. The summed E-state index contributed by atoms with van der Waals surface area (Å²) in [6.45, 7) is 2.00. The fourth-order valence-corrected chi connectivity index (χ4v) is 2.12. The van der Waals surface area contributed by atoms with Gasteiger partial charge in [0.1, 0.15) is 5.52 Å². The average molecular weight is 252 g/mol. The zero-order valence-electron chi connectivity index (χ0n) is 10.4. The molecule has 0 atom stereocenters. The van der Waals surface area contributed by atoms with Crippen LogP contribution in [0.4, 0.5) is 0 Å². The Morgan fingerprint density at radius 2 is 1.95 bits per heavy atom. The Kier molecular flexibility index (Phi) is 2.52. The quantitative estimate of drug-likeness (QED) is 0.756. The van der Waals surface area contributed by atoms with Crippen molar-refractivity contribution in [3.63, 3.8) is 0 Å². The maximum atomic E-state index is 11.4. The summed E-state index contributed by atoms with van der Waals surface area (Å²) in [6, 6.07) is 13.2. The van der Waals surface area contributed by atoms with Crippen LogP contribution >= 0.6 is 0 Å². The minimum atomic E-state index is -0.498. The van der Waals surface area contributed by atoms with Gasteiger partial charge in [-0.3, -0.25) is 4.79 Å². The van der Waals surface area contributed by atoms with Gasteiger partial charge in [0.05, 0.1) is 16.8 Å². The Morgan fingerprint density at radius 3 is 2.68 bits per heavy atom. The molecule has 0 spiro atoms. The zero-order chi connectivity index (χ0) is 13.4. The highest BCUT2D eigenvalue weighted by Gasteiger charge is 2.13. The number of nitrogens with two attached hydrogens (primary N) is 1. The number of fused-ring (bicyclic) bond motifs is 1. The molecule has 1 aromatic heterocycles. The van der Waals surface area contributed by atoms with Gasteiger partial charge < -0.3 is 5.73 Å². The SMILES string of the molecule is Cc1ccccc1-n1nnc2c(C(N)=O)cccc21. The van der Waals surface area contributed by atoms with E-state index in [2.05, 4.69) is 10.3 Å².